The van der Waals surface area contributed by atoms with Crippen molar-refractivity contribution in [3.05, 3.63) is 47.8 Å². The molecule has 0 aromatic heterocycles. The van der Waals surface area contributed by atoms with Gasteiger partial charge in [0.2, 0.25) is 0 Å². The van der Waals surface area contributed by atoms with Crippen molar-refractivity contribution in [3.8, 4) is 0 Å². The van der Waals surface area contributed by atoms with Gasteiger partial charge >= 0.3 is 0 Å². The number of benzene rings is 2. The predicted octanol–water partition coefficient (Wildman–Crippen LogP) is 2.85. The van der Waals surface area contributed by atoms with Crippen molar-refractivity contribution in [2.45, 2.75) is 31.8 Å². The number of nitrogens with one attached hydrogen (secondary N) is 2. The second-order valence-electron chi connectivity index (χ2n) is 5.69. The first-order valence-electron chi connectivity index (χ1n) is 7.36. The van der Waals surface area contributed by atoms with Crippen LogP contribution in [0, 0.1) is 5.82 Å². The summed E-state index contributed by atoms with van der Waals surface area (Å²) in [6.07, 6.45) is 1.85. The zero-order valence-corrected chi connectivity index (χ0v) is 12.0. The van der Waals surface area contributed by atoms with Crippen LogP contribution in [-0.2, 0) is 0 Å². The fraction of sp³-hybridized carbons (Fsp3) is 0.353. The molecule has 2 aromatic carbocycles. The van der Waals surface area contributed by atoms with Gasteiger partial charge in [0.25, 0.3) is 5.91 Å². The van der Waals surface area contributed by atoms with Crippen molar-refractivity contribution in [2.24, 2.45) is 0 Å². The van der Waals surface area contributed by atoms with E-state index < -0.39 is 0 Å². The Labute approximate surface area is 123 Å². The van der Waals surface area contributed by atoms with Gasteiger partial charge in [-0.15, -0.1) is 0 Å². The quantitative estimate of drug-likeness (QED) is 0.891. The first kappa shape index (κ1) is 14.0. The van der Waals surface area contributed by atoms with E-state index >= 15 is 0 Å². The molecule has 1 fully saturated rings. The number of carbonyl (C=O) groups is 1. The zero-order chi connectivity index (χ0) is 14.8. The van der Waals surface area contributed by atoms with Gasteiger partial charge in [0.15, 0.2) is 0 Å². The number of hydrogen-bond donors (Lipinski definition) is 2. The van der Waals surface area contributed by atoms with E-state index in [0.717, 1.165) is 19.4 Å². The van der Waals surface area contributed by atoms with Crippen LogP contribution in [0.1, 0.15) is 30.1 Å². The molecular weight excluding hydrogens is 267 g/mol. The lowest BCUT2D eigenvalue weighted by atomic mass is 9.99. The van der Waals surface area contributed by atoms with Gasteiger partial charge in [-0.25, -0.2) is 4.39 Å². The lowest BCUT2D eigenvalue weighted by Gasteiger charge is -2.28. The fourth-order valence-corrected chi connectivity index (χ4v) is 2.99. The molecule has 2 unspecified atom stereocenters. The summed E-state index contributed by atoms with van der Waals surface area (Å²) in [6, 6.07) is 10.6. The van der Waals surface area contributed by atoms with Crippen molar-refractivity contribution in [3.63, 3.8) is 0 Å². The molecular formula is C17H19FN2O. The molecule has 0 spiro atoms. The van der Waals surface area contributed by atoms with E-state index in [0.29, 0.717) is 22.4 Å². The number of carbonyl (C=O) groups excluding carboxylic acids is 1. The Bertz CT molecular complexity index is 671. The third-order valence-electron chi connectivity index (χ3n) is 4.07. The van der Waals surface area contributed by atoms with E-state index in [1.54, 1.807) is 24.3 Å². The topological polar surface area (TPSA) is 41.1 Å². The summed E-state index contributed by atoms with van der Waals surface area (Å²) in [7, 11) is 0. The molecule has 2 atom stereocenters. The second-order valence-corrected chi connectivity index (χ2v) is 5.69. The zero-order valence-electron chi connectivity index (χ0n) is 12.0. The summed E-state index contributed by atoms with van der Waals surface area (Å²) in [6.45, 7) is 3.03. The Morgan fingerprint density at radius 2 is 2.00 bits per heavy atom. The minimum absolute atomic E-state index is 0.120. The van der Waals surface area contributed by atoms with E-state index in [1.807, 2.05) is 6.07 Å². The number of halogens is 1. The van der Waals surface area contributed by atoms with Crippen LogP contribution < -0.4 is 10.6 Å². The Hall–Kier alpha value is -1.94. The van der Waals surface area contributed by atoms with E-state index in [-0.39, 0.29) is 17.8 Å². The minimum Gasteiger partial charge on any atom is -0.349 e. The summed E-state index contributed by atoms with van der Waals surface area (Å²) in [5.41, 5.74) is 0.540. The molecule has 1 saturated heterocycles. The van der Waals surface area contributed by atoms with Crippen LogP contribution >= 0.6 is 0 Å². The summed E-state index contributed by atoms with van der Waals surface area (Å²) >= 11 is 0. The van der Waals surface area contributed by atoms with E-state index in [4.69, 9.17) is 0 Å². The summed E-state index contributed by atoms with van der Waals surface area (Å²) < 4.78 is 13.8. The largest absolute Gasteiger partial charge is 0.349 e. The SMILES string of the molecule is CC1CC(NC(=O)c2ccc(F)c3ccccc23)CCN1. The maximum absolute atomic E-state index is 13.8. The molecule has 0 aliphatic carbocycles. The van der Waals surface area contributed by atoms with Crippen molar-refractivity contribution in [1.29, 1.82) is 0 Å². The molecule has 1 aliphatic rings. The monoisotopic (exact) mass is 286 g/mol. The van der Waals surface area contributed by atoms with E-state index in [9.17, 15) is 9.18 Å². The standard InChI is InChI=1S/C17H19FN2O/c1-11-10-12(8-9-19-11)20-17(21)15-6-7-16(18)14-5-3-2-4-13(14)15/h2-7,11-12,19H,8-10H2,1H3,(H,20,21). The molecule has 2 N–H and O–H groups in total. The smallest absolute Gasteiger partial charge is 0.252 e. The van der Waals surface area contributed by atoms with Crippen molar-refractivity contribution < 1.29 is 9.18 Å². The van der Waals surface area contributed by atoms with Gasteiger partial charge in [0.05, 0.1) is 0 Å². The molecule has 21 heavy (non-hydrogen) atoms. The maximum Gasteiger partial charge on any atom is 0.252 e. The van der Waals surface area contributed by atoms with E-state index in [1.165, 1.54) is 6.07 Å². The summed E-state index contributed by atoms with van der Waals surface area (Å²) in [5.74, 6) is -0.414. The van der Waals surface area contributed by atoms with Crippen LogP contribution in [0.3, 0.4) is 0 Å². The van der Waals surface area contributed by atoms with Gasteiger partial charge in [-0.1, -0.05) is 24.3 Å². The number of rotatable bonds is 2. The average molecular weight is 286 g/mol. The van der Waals surface area contributed by atoms with Crippen molar-refractivity contribution >= 4 is 16.7 Å². The van der Waals surface area contributed by atoms with Gasteiger partial charge in [0.1, 0.15) is 5.82 Å². The van der Waals surface area contributed by atoms with Gasteiger partial charge in [-0.2, -0.15) is 0 Å². The molecule has 1 heterocycles. The van der Waals surface area contributed by atoms with Crippen molar-refractivity contribution in [2.75, 3.05) is 6.54 Å². The number of fused-ring (bicyclic) bond motifs is 1. The molecule has 2 aromatic rings. The predicted molar refractivity (Wildman–Crippen MR) is 81.9 cm³/mol. The molecule has 0 bridgehead atoms. The second kappa shape index (κ2) is 5.82. The third kappa shape index (κ3) is 2.90. The minimum atomic E-state index is -0.294. The third-order valence-corrected chi connectivity index (χ3v) is 4.07. The molecule has 1 aliphatic heterocycles. The first-order chi connectivity index (χ1) is 10.1. The van der Waals surface area contributed by atoms with Crippen LogP contribution in [0.15, 0.2) is 36.4 Å². The highest BCUT2D eigenvalue weighted by molar-refractivity contribution is 6.07. The highest BCUT2D eigenvalue weighted by atomic mass is 19.1. The Kier molecular flexibility index (Phi) is 3.88. The first-order valence-corrected chi connectivity index (χ1v) is 7.36. The highest BCUT2D eigenvalue weighted by Gasteiger charge is 2.21. The highest BCUT2D eigenvalue weighted by Crippen LogP contribution is 2.22. The fourth-order valence-electron chi connectivity index (χ4n) is 2.99. The van der Waals surface area contributed by atoms with Crippen LogP contribution in [0.25, 0.3) is 10.8 Å². The Balaban J connectivity index is 1.86. The average Bonchev–Trinajstić information content (AvgIpc) is 2.48. The molecule has 3 rings (SSSR count). The van der Waals surface area contributed by atoms with Gasteiger partial charge in [-0.3, -0.25) is 4.79 Å². The summed E-state index contributed by atoms with van der Waals surface area (Å²) in [4.78, 5) is 12.5. The normalized spacial score (nSPS) is 22.2. The summed E-state index contributed by atoms with van der Waals surface area (Å²) in [5, 5.41) is 7.59. The molecule has 1 amide bonds. The Morgan fingerprint density at radius 3 is 2.76 bits per heavy atom. The van der Waals surface area contributed by atoms with Crippen LogP contribution in [0.5, 0.6) is 0 Å². The lowest BCUT2D eigenvalue weighted by Crippen LogP contribution is -2.46. The maximum atomic E-state index is 13.8. The van der Waals surface area contributed by atoms with Crippen LogP contribution in [-0.4, -0.2) is 24.5 Å². The molecule has 4 heteroatoms. The molecule has 3 nitrogen and oxygen atoms in total. The van der Waals surface area contributed by atoms with Crippen LogP contribution in [0.4, 0.5) is 4.39 Å². The van der Waals surface area contributed by atoms with E-state index in [2.05, 4.69) is 17.6 Å². The molecule has 110 valence electrons. The molecule has 0 radical (unpaired) electrons. The van der Waals surface area contributed by atoms with Crippen molar-refractivity contribution in [1.82, 2.24) is 10.6 Å². The number of hydrogen-bond acceptors (Lipinski definition) is 2. The number of amides is 1. The van der Waals surface area contributed by atoms with Crippen LogP contribution in [0.2, 0.25) is 0 Å². The van der Waals surface area contributed by atoms with Gasteiger partial charge in [-0.05, 0) is 43.8 Å². The lowest BCUT2D eigenvalue weighted by molar-refractivity contribution is 0.0927. The molecule has 0 saturated carbocycles. The van der Waals surface area contributed by atoms with Gasteiger partial charge in [0, 0.05) is 23.0 Å². The van der Waals surface area contributed by atoms with Gasteiger partial charge < -0.3 is 10.6 Å². The number of piperidine rings is 1. The Morgan fingerprint density at radius 1 is 1.24 bits per heavy atom.